The normalized spacial score (nSPS) is 16.7. The number of carbonyl (C=O) groups excluding carboxylic acids is 1. The van der Waals surface area contributed by atoms with Crippen LogP contribution in [0.4, 0.5) is 20.7 Å². The molecule has 2 saturated heterocycles. The second-order valence-corrected chi connectivity index (χ2v) is 10.3. The van der Waals surface area contributed by atoms with Crippen molar-refractivity contribution in [1.82, 2.24) is 34.9 Å². The number of urea groups is 1. The molecule has 2 aliphatic rings. The predicted octanol–water partition coefficient (Wildman–Crippen LogP) is 3.65. The number of pyridine rings is 1. The average Bonchev–Trinajstić information content (AvgIpc) is 3.45. The summed E-state index contributed by atoms with van der Waals surface area (Å²) in [5.74, 6) is 1.46. The standard InChI is InChI=1S/C29H34FN9O2/c30-9-11-32-29(40)34-23-5-3-22(4-6-23)26-35-27(38-14-16-41-17-15-38)25-19-33-39(28(25)36-26)24-7-12-37(13-8-24)20-21-2-1-10-31-18-21/h1-6,10,18-19,24H,7-9,11-17,20H2,(H2,32,34,40). The van der Waals surface area contributed by atoms with Gasteiger partial charge < -0.3 is 20.3 Å². The molecule has 2 fully saturated rings. The number of amides is 2. The highest BCUT2D eigenvalue weighted by atomic mass is 19.1. The number of piperidine rings is 1. The van der Waals surface area contributed by atoms with Crippen LogP contribution in [0.25, 0.3) is 22.4 Å². The Bertz CT molecular complexity index is 1450. The summed E-state index contributed by atoms with van der Waals surface area (Å²) >= 11 is 0. The second kappa shape index (κ2) is 12.6. The van der Waals surface area contributed by atoms with Gasteiger partial charge in [0.25, 0.3) is 0 Å². The van der Waals surface area contributed by atoms with Crippen molar-refractivity contribution in [3.05, 3.63) is 60.6 Å². The number of morpholine rings is 1. The van der Waals surface area contributed by atoms with Crippen LogP contribution in [0, 0.1) is 0 Å². The summed E-state index contributed by atoms with van der Waals surface area (Å²) in [4.78, 5) is 30.9. The minimum Gasteiger partial charge on any atom is -0.378 e. The summed E-state index contributed by atoms with van der Waals surface area (Å²) in [5, 5.41) is 10.9. The molecule has 0 aliphatic carbocycles. The number of hydrogen-bond acceptors (Lipinski definition) is 8. The van der Waals surface area contributed by atoms with Crippen LogP contribution in [-0.4, -0.2) is 88.3 Å². The highest BCUT2D eigenvalue weighted by Crippen LogP contribution is 2.32. The number of carbonyl (C=O) groups is 1. The summed E-state index contributed by atoms with van der Waals surface area (Å²) < 4.78 is 20.0. The first-order valence-corrected chi connectivity index (χ1v) is 14.1. The first kappa shape index (κ1) is 27.0. The number of ether oxygens (including phenoxy) is 1. The molecule has 2 N–H and O–H groups in total. The Morgan fingerprint density at radius 3 is 2.56 bits per heavy atom. The lowest BCUT2D eigenvalue weighted by Gasteiger charge is -2.32. The maximum atomic E-state index is 12.4. The summed E-state index contributed by atoms with van der Waals surface area (Å²) in [5.41, 5.74) is 3.48. The van der Waals surface area contributed by atoms with E-state index in [4.69, 9.17) is 19.8 Å². The molecule has 1 aromatic carbocycles. The molecule has 5 heterocycles. The zero-order valence-corrected chi connectivity index (χ0v) is 22.9. The fraction of sp³-hybridized carbons (Fsp3) is 0.414. The summed E-state index contributed by atoms with van der Waals surface area (Å²) in [6.45, 7) is 5.00. The number of aromatic nitrogens is 5. The third-order valence-corrected chi connectivity index (χ3v) is 7.56. The largest absolute Gasteiger partial charge is 0.378 e. The molecule has 2 amide bonds. The van der Waals surface area contributed by atoms with Gasteiger partial charge in [-0.05, 0) is 48.7 Å². The zero-order valence-electron chi connectivity index (χ0n) is 22.9. The van der Waals surface area contributed by atoms with Gasteiger partial charge in [-0.1, -0.05) is 6.07 Å². The van der Waals surface area contributed by atoms with Crippen molar-refractivity contribution < 1.29 is 13.9 Å². The van der Waals surface area contributed by atoms with Gasteiger partial charge in [-0.3, -0.25) is 9.88 Å². The van der Waals surface area contributed by atoms with Crippen molar-refractivity contribution in [1.29, 1.82) is 0 Å². The molecule has 2 aliphatic heterocycles. The molecule has 0 atom stereocenters. The van der Waals surface area contributed by atoms with Gasteiger partial charge in [-0.25, -0.2) is 23.8 Å². The smallest absolute Gasteiger partial charge is 0.319 e. The Kier molecular flexibility index (Phi) is 8.28. The number of fused-ring (bicyclic) bond motifs is 1. The van der Waals surface area contributed by atoms with Crippen molar-refractivity contribution in [2.45, 2.75) is 25.4 Å². The number of alkyl halides is 1. The Hall–Kier alpha value is -4.16. The van der Waals surface area contributed by atoms with Crippen LogP contribution < -0.4 is 15.5 Å². The first-order chi connectivity index (χ1) is 20.2. The fourth-order valence-electron chi connectivity index (χ4n) is 5.43. The van der Waals surface area contributed by atoms with E-state index in [1.807, 2.05) is 30.6 Å². The highest BCUT2D eigenvalue weighted by Gasteiger charge is 2.26. The van der Waals surface area contributed by atoms with Gasteiger partial charge in [0, 0.05) is 62.9 Å². The summed E-state index contributed by atoms with van der Waals surface area (Å²) in [6, 6.07) is 11.3. The monoisotopic (exact) mass is 559 g/mol. The molecule has 6 rings (SSSR count). The van der Waals surface area contributed by atoms with E-state index in [1.165, 1.54) is 5.56 Å². The van der Waals surface area contributed by atoms with E-state index in [1.54, 1.807) is 18.3 Å². The van der Waals surface area contributed by atoms with Crippen LogP contribution in [0.5, 0.6) is 0 Å². The molecule has 11 nitrogen and oxygen atoms in total. The number of likely N-dealkylation sites (tertiary alicyclic amines) is 1. The predicted molar refractivity (Wildman–Crippen MR) is 155 cm³/mol. The van der Waals surface area contributed by atoms with Crippen molar-refractivity contribution in [3.63, 3.8) is 0 Å². The molecule has 0 spiro atoms. The van der Waals surface area contributed by atoms with Crippen molar-refractivity contribution in [2.75, 3.05) is 62.8 Å². The number of anilines is 2. The van der Waals surface area contributed by atoms with Crippen molar-refractivity contribution in [3.8, 4) is 11.4 Å². The molecule has 0 bridgehead atoms. The van der Waals surface area contributed by atoms with E-state index in [-0.39, 0.29) is 12.6 Å². The number of halogens is 1. The van der Waals surface area contributed by atoms with Crippen LogP contribution in [0.3, 0.4) is 0 Å². The molecule has 4 aromatic rings. The summed E-state index contributed by atoms with van der Waals surface area (Å²) in [6.07, 6.45) is 7.60. The third kappa shape index (κ3) is 6.28. The van der Waals surface area contributed by atoms with E-state index < -0.39 is 12.7 Å². The maximum absolute atomic E-state index is 12.4. The first-order valence-electron chi connectivity index (χ1n) is 14.1. The van der Waals surface area contributed by atoms with Crippen molar-refractivity contribution >= 4 is 28.6 Å². The average molecular weight is 560 g/mol. The second-order valence-electron chi connectivity index (χ2n) is 10.3. The van der Waals surface area contributed by atoms with Gasteiger partial charge in [-0.15, -0.1) is 0 Å². The molecule has 0 radical (unpaired) electrons. The number of rotatable bonds is 8. The molecule has 0 saturated carbocycles. The summed E-state index contributed by atoms with van der Waals surface area (Å²) in [7, 11) is 0. The number of benzene rings is 1. The minimum absolute atomic E-state index is 0.0285. The van der Waals surface area contributed by atoms with Gasteiger partial charge in [0.15, 0.2) is 11.5 Å². The zero-order chi connectivity index (χ0) is 28.0. The van der Waals surface area contributed by atoms with Crippen LogP contribution in [0.1, 0.15) is 24.4 Å². The van der Waals surface area contributed by atoms with Gasteiger partial charge in [0.05, 0.1) is 30.8 Å². The Labute approximate surface area is 237 Å². The van der Waals surface area contributed by atoms with Crippen molar-refractivity contribution in [2.24, 2.45) is 0 Å². The molecule has 0 unspecified atom stereocenters. The molecular formula is C29H34FN9O2. The minimum atomic E-state index is -0.612. The van der Waals surface area contributed by atoms with Gasteiger partial charge in [0.1, 0.15) is 12.5 Å². The van der Waals surface area contributed by atoms with Crippen LogP contribution in [-0.2, 0) is 11.3 Å². The lowest BCUT2D eigenvalue weighted by molar-refractivity contribution is 0.122. The molecule has 214 valence electrons. The van der Waals surface area contributed by atoms with Gasteiger partial charge >= 0.3 is 6.03 Å². The molecule has 3 aromatic heterocycles. The van der Waals surface area contributed by atoms with E-state index in [2.05, 4.69) is 36.2 Å². The Morgan fingerprint density at radius 2 is 1.83 bits per heavy atom. The topological polar surface area (TPSA) is 113 Å². The lowest BCUT2D eigenvalue weighted by atomic mass is 10.0. The third-order valence-electron chi connectivity index (χ3n) is 7.56. The fourth-order valence-corrected chi connectivity index (χ4v) is 5.43. The maximum Gasteiger partial charge on any atom is 0.319 e. The Morgan fingerprint density at radius 1 is 1.02 bits per heavy atom. The molecule has 12 heteroatoms. The van der Waals surface area contributed by atoms with Gasteiger partial charge in [0.2, 0.25) is 0 Å². The van der Waals surface area contributed by atoms with Crippen LogP contribution in [0.15, 0.2) is 55.0 Å². The van der Waals surface area contributed by atoms with E-state index >= 15 is 0 Å². The molecular weight excluding hydrogens is 525 g/mol. The van der Waals surface area contributed by atoms with Crippen LogP contribution >= 0.6 is 0 Å². The van der Waals surface area contributed by atoms with Crippen LogP contribution in [0.2, 0.25) is 0 Å². The Balaban J connectivity index is 1.26. The SMILES string of the molecule is O=C(NCCF)Nc1ccc(-c2nc(N3CCOCC3)c3cnn(C4CCN(Cc5cccnc5)CC4)c3n2)cc1. The van der Waals surface area contributed by atoms with E-state index in [9.17, 15) is 9.18 Å². The lowest BCUT2D eigenvalue weighted by Crippen LogP contribution is -2.37. The quantitative estimate of drug-likeness (QED) is 0.336. The molecule has 41 heavy (non-hydrogen) atoms. The van der Waals surface area contributed by atoms with Gasteiger partial charge in [-0.2, -0.15) is 5.10 Å². The highest BCUT2D eigenvalue weighted by molar-refractivity contribution is 5.90. The number of nitrogens with one attached hydrogen (secondary N) is 2. The number of nitrogens with zero attached hydrogens (tertiary/aromatic N) is 7. The van der Waals surface area contributed by atoms with E-state index in [0.29, 0.717) is 24.7 Å². The van der Waals surface area contributed by atoms with E-state index in [0.717, 1.165) is 68.0 Å². The number of hydrogen-bond donors (Lipinski definition) is 2.